The van der Waals surface area contributed by atoms with Gasteiger partial charge in [-0.05, 0) is 50.4 Å². The fourth-order valence-corrected chi connectivity index (χ4v) is 2.81. The minimum absolute atomic E-state index is 0.0925. The Morgan fingerprint density at radius 2 is 1.85 bits per heavy atom. The number of furan rings is 1. The summed E-state index contributed by atoms with van der Waals surface area (Å²) in [4.78, 5) is 23.6. The molecule has 2 aromatic rings. The number of benzene rings is 1. The van der Waals surface area contributed by atoms with Crippen LogP contribution in [0.25, 0.3) is 6.08 Å². The average molecular weight is 378 g/mol. The minimum Gasteiger partial charge on any atom is -0.465 e. The van der Waals surface area contributed by atoms with E-state index in [9.17, 15) is 18.0 Å². The first-order valence-electron chi connectivity index (χ1n) is 7.48. The van der Waals surface area contributed by atoms with Crippen molar-refractivity contribution in [2.24, 2.45) is 0 Å². The summed E-state index contributed by atoms with van der Waals surface area (Å²) in [6.45, 7) is 1.62. The van der Waals surface area contributed by atoms with Crippen molar-refractivity contribution in [3.63, 3.8) is 0 Å². The molecule has 0 aliphatic rings. The Morgan fingerprint density at radius 1 is 1.19 bits per heavy atom. The second-order valence-electron chi connectivity index (χ2n) is 5.16. The third-order valence-corrected chi connectivity index (χ3v) is 4.87. The molecule has 8 nitrogen and oxygen atoms in total. The molecule has 1 aromatic carbocycles. The number of carbonyl (C=O) groups is 2. The molecule has 0 aliphatic carbocycles. The number of hydrogen-bond donors (Lipinski definition) is 2. The summed E-state index contributed by atoms with van der Waals surface area (Å²) in [5.41, 5.74) is 0.717. The SMILES string of the molecule is CNS(=O)(=O)c1ccc(NC(=O)/C=C/c2cc(C(=O)OC)c(C)o2)cc1. The molecule has 0 unspecified atom stereocenters. The highest BCUT2D eigenvalue weighted by Crippen LogP contribution is 2.17. The molecule has 1 amide bonds. The van der Waals surface area contributed by atoms with Gasteiger partial charge in [-0.2, -0.15) is 0 Å². The first kappa shape index (κ1) is 19.4. The zero-order valence-corrected chi connectivity index (χ0v) is 15.2. The smallest absolute Gasteiger partial charge is 0.341 e. The van der Waals surface area contributed by atoms with E-state index in [0.717, 1.165) is 0 Å². The lowest BCUT2D eigenvalue weighted by Gasteiger charge is -2.05. The molecule has 0 bridgehead atoms. The van der Waals surface area contributed by atoms with E-state index in [1.54, 1.807) is 6.92 Å². The summed E-state index contributed by atoms with van der Waals surface area (Å²) in [6.07, 6.45) is 2.65. The summed E-state index contributed by atoms with van der Waals surface area (Å²) in [5, 5.41) is 2.59. The topological polar surface area (TPSA) is 115 Å². The number of rotatable bonds is 6. The first-order valence-corrected chi connectivity index (χ1v) is 8.96. The molecule has 1 aromatic heterocycles. The Morgan fingerprint density at radius 3 is 2.42 bits per heavy atom. The molecule has 0 fully saturated rings. The van der Waals surface area contributed by atoms with Crippen molar-refractivity contribution in [2.75, 3.05) is 19.5 Å². The van der Waals surface area contributed by atoms with E-state index in [1.165, 1.54) is 56.6 Å². The summed E-state index contributed by atoms with van der Waals surface area (Å²) in [7, 11) is -0.942. The zero-order valence-electron chi connectivity index (χ0n) is 14.4. The lowest BCUT2D eigenvalue weighted by molar-refractivity contribution is -0.111. The van der Waals surface area contributed by atoms with Crippen molar-refractivity contribution in [1.29, 1.82) is 0 Å². The molecule has 0 spiro atoms. The monoisotopic (exact) mass is 378 g/mol. The molecule has 1 heterocycles. The van der Waals surface area contributed by atoms with Gasteiger partial charge in [-0.25, -0.2) is 17.9 Å². The van der Waals surface area contributed by atoms with Gasteiger partial charge in [0, 0.05) is 11.8 Å². The van der Waals surface area contributed by atoms with Crippen molar-refractivity contribution in [3.05, 3.63) is 53.5 Å². The summed E-state index contributed by atoms with van der Waals surface area (Å²) >= 11 is 0. The molecule has 0 atom stereocenters. The van der Waals surface area contributed by atoms with E-state index in [2.05, 4.69) is 14.8 Å². The maximum absolute atomic E-state index is 11.9. The van der Waals surface area contributed by atoms with E-state index in [1.807, 2.05) is 0 Å². The van der Waals surface area contributed by atoms with Gasteiger partial charge < -0.3 is 14.5 Å². The molecule has 0 saturated carbocycles. The van der Waals surface area contributed by atoms with Crippen LogP contribution in [0.2, 0.25) is 0 Å². The highest BCUT2D eigenvalue weighted by Gasteiger charge is 2.14. The van der Waals surface area contributed by atoms with E-state index in [4.69, 9.17) is 4.42 Å². The second-order valence-corrected chi connectivity index (χ2v) is 7.05. The zero-order chi connectivity index (χ0) is 19.3. The Hall–Kier alpha value is -2.91. The Balaban J connectivity index is 2.05. The van der Waals surface area contributed by atoms with E-state index < -0.39 is 21.9 Å². The molecule has 0 radical (unpaired) electrons. The van der Waals surface area contributed by atoms with Crippen LogP contribution in [-0.2, 0) is 19.6 Å². The summed E-state index contributed by atoms with van der Waals surface area (Å²) < 4.78 is 35.5. The summed E-state index contributed by atoms with van der Waals surface area (Å²) in [5.74, 6) is -0.249. The van der Waals surface area contributed by atoms with Gasteiger partial charge in [0.05, 0.1) is 12.0 Å². The van der Waals surface area contributed by atoms with Crippen LogP contribution in [0.4, 0.5) is 5.69 Å². The molecular weight excluding hydrogens is 360 g/mol. The van der Waals surface area contributed by atoms with Gasteiger partial charge in [0.2, 0.25) is 15.9 Å². The molecule has 0 saturated heterocycles. The molecule has 26 heavy (non-hydrogen) atoms. The van der Waals surface area contributed by atoms with Gasteiger partial charge in [0.25, 0.3) is 0 Å². The fourth-order valence-electron chi connectivity index (χ4n) is 2.08. The van der Waals surface area contributed by atoms with Crippen molar-refractivity contribution in [1.82, 2.24) is 4.72 Å². The Bertz CT molecular complexity index is 942. The lowest BCUT2D eigenvalue weighted by Crippen LogP contribution is -2.18. The van der Waals surface area contributed by atoms with Crippen molar-refractivity contribution < 1.29 is 27.2 Å². The lowest BCUT2D eigenvalue weighted by atomic mass is 10.2. The van der Waals surface area contributed by atoms with Crippen molar-refractivity contribution >= 4 is 33.7 Å². The van der Waals surface area contributed by atoms with Crippen molar-refractivity contribution in [2.45, 2.75) is 11.8 Å². The Labute approximate surface area is 150 Å². The van der Waals surface area contributed by atoms with Crippen molar-refractivity contribution in [3.8, 4) is 0 Å². The Kier molecular flexibility index (Phi) is 5.96. The molecule has 0 aliphatic heterocycles. The highest BCUT2D eigenvalue weighted by atomic mass is 32.2. The van der Waals surface area contributed by atoms with E-state index in [-0.39, 0.29) is 10.5 Å². The van der Waals surface area contributed by atoms with E-state index >= 15 is 0 Å². The number of esters is 1. The number of sulfonamides is 1. The maximum Gasteiger partial charge on any atom is 0.341 e. The minimum atomic E-state index is -3.53. The van der Waals surface area contributed by atoms with Crippen LogP contribution in [0.3, 0.4) is 0 Å². The van der Waals surface area contributed by atoms with Crippen LogP contribution in [-0.4, -0.2) is 34.5 Å². The maximum atomic E-state index is 11.9. The van der Waals surface area contributed by atoms with Gasteiger partial charge in [0.1, 0.15) is 17.1 Å². The number of hydrogen-bond acceptors (Lipinski definition) is 6. The third kappa shape index (κ3) is 4.58. The van der Waals surface area contributed by atoms with Crippen LogP contribution < -0.4 is 10.0 Å². The normalized spacial score (nSPS) is 11.5. The summed E-state index contributed by atoms with van der Waals surface area (Å²) in [6, 6.07) is 7.18. The number of amides is 1. The van der Waals surface area contributed by atoms with Gasteiger partial charge in [0.15, 0.2) is 0 Å². The fraction of sp³-hybridized carbons (Fsp3) is 0.176. The number of nitrogens with one attached hydrogen (secondary N) is 2. The number of carbonyl (C=O) groups excluding carboxylic acids is 2. The predicted molar refractivity (Wildman–Crippen MR) is 95.1 cm³/mol. The van der Waals surface area contributed by atoms with Crippen LogP contribution in [0.1, 0.15) is 21.9 Å². The average Bonchev–Trinajstić information content (AvgIpc) is 3.00. The van der Waals surface area contributed by atoms with Crippen LogP contribution in [0.15, 0.2) is 45.7 Å². The largest absolute Gasteiger partial charge is 0.465 e. The van der Waals surface area contributed by atoms with Gasteiger partial charge >= 0.3 is 5.97 Å². The van der Waals surface area contributed by atoms with E-state index in [0.29, 0.717) is 17.2 Å². The van der Waals surface area contributed by atoms with Gasteiger partial charge in [-0.1, -0.05) is 0 Å². The van der Waals surface area contributed by atoms with Crippen LogP contribution in [0.5, 0.6) is 0 Å². The predicted octanol–water partition coefficient (Wildman–Crippen LogP) is 1.93. The molecule has 2 N–H and O–H groups in total. The molecule has 9 heteroatoms. The van der Waals surface area contributed by atoms with Crippen LogP contribution in [0, 0.1) is 6.92 Å². The standard InChI is InChI=1S/C17H18N2O6S/c1-11-15(17(21)24-3)10-13(25-11)6-9-16(20)19-12-4-7-14(8-5-12)26(22,23)18-2/h4-10,18H,1-3H3,(H,19,20)/b9-6+. The van der Waals surface area contributed by atoms with Gasteiger partial charge in [-0.3, -0.25) is 4.79 Å². The third-order valence-electron chi connectivity index (χ3n) is 3.44. The first-order chi connectivity index (χ1) is 12.3. The highest BCUT2D eigenvalue weighted by molar-refractivity contribution is 7.89. The number of ether oxygens (including phenoxy) is 1. The molecule has 138 valence electrons. The molecular formula is C17H18N2O6S. The number of methoxy groups -OCH3 is 1. The number of anilines is 1. The van der Waals surface area contributed by atoms with Gasteiger partial charge in [-0.15, -0.1) is 0 Å². The molecule has 2 rings (SSSR count). The van der Waals surface area contributed by atoms with Crippen LogP contribution >= 0.6 is 0 Å². The quantitative estimate of drug-likeness (QED) is 0.586. The second kappa shape index (κ2) is 7.98. The number of aryl methyl sites for hydroxylation is 1.